The van der Waals surface area contributed by atoms with Crippen LogP contribution in [0.25, 0.3) is 5.52 Å². The summed E-state index contributed by atoms with van der Waals surface area (Å²) in [4.78, 5) is 20.2. The molecule has 2 aliphatic rings. The average molecular weight is 447 g/mol. The van der Waals surface area contributed by atoms with Crippen molar-refractivity contribution >= 4 is 28.9 Å². The predicted molar refractivity (Wildman–Crippen MR) is 122 cm³/mol. The quantitative estimate of drug-likeness (QED) is 0.443. The van der Waals surface area contributed by atoms with E-state index >= 15 is 0 Å². The molecule has 1 saturated heterocycles. The number of carbonyl (C=O) groups excluding carboxylic acids is 1. The van der Waals surface area contributed by atoms with E-state index in [1.807, 2.05) is 49.2 Å². The van der Waals surface area contributed by atoms with Gasteiger partial charge in [-0.2, -0.15) is 10.1 Å². The van der Waals surface area contributed by atoms with Crippen LogP contribution in [0, 0.1) is 6.92 Å². The number of rotatable bonds is 7. The lowest BCUT2D eigenvalue weighted by Crippen LogP contribution is -2.49. The summed E-state index contributed by atoms with van der Waals surface area (Å²) >= 11 is 0. The van der Waals surface area contributed by atoms with Gasteiger partial charge in [-0.15, -0.1) is 5.10 Å². The van der Waals surface area contributed by atoms with Crippen LogP contribution in [0.5, 0.6) is 0 Å². The number of aromatic amines is 1. The molecule has 5 heterocycles. The van der Waals surface area contributed by atoms with E-state index in [-0.39, 0.29) is 12.2 Å². The smallest absolute Gasteiger partial charge is 0.246 e. The van der Waals surface area contributed by atoms with Gasteiger partial charge in [-0.05, 0) is 51.7 Å². The number of hydrogen-bond acceptors (Lipinski definition) is 8. The zero-order chi connectivity index (χ0) is 22.6. The zero-order valence-corrected chi connectivity index (χ0v) is 18.7. The SMILES string of the molecule is Cc1cc(CC(=O)[C@]2(C)CCCN2c2nc(Nc3cc(C4CC4)[nH]n3)c3cccn3n2)no1. The van der Waals surface area contributed by atoms with Crippen LogP contribution < -0.4 is 10.2 Å². The second-order valence-corrected chi connectivity index (χ2v) is 9.26. The van der Waals surface area contributed by atoms with Crippen molar-refractivity contribution in [1.82, 2.24) is 30.0 Å². The Balaban J connectivity index is 1.32. The van der Waals surface area contributed by atoms with Crippen LogP contribution in [0.2, 0.25) is 0 Å². The van der Waals surface area contributed by atoms with Gasteiger partial charge in [0.2, 0.25) is 5.95 Å². The van der Waals surface area contributed by atoms with Crippen LogP contribution in [-0.4, -0.2) is 47.8 Å². The highest BCUT2D eigenvalue weighted by atomic mass is 16.5. The van der Waals surface area contributed by atoms with Crippen molar-refractivity contribution in [1.29, 1.82) is 0 Å². The van der Waals surface area contributed by atoms with E-state index < -0.39 is 5.54 Å². The van der Waals surface area contributed by atoms with Crippen molar-refractivity contribution < 1.29 is 9.32 Å². The fourth-order valence-electron chi connectivity index (χ4n) is 4.68. The van der Waals surface area contributed by atoms with Crippen molar-refractivity contribution in [2.75, 3.05) is 16.8 Å². The summed E-state index contributed by atoms with van der Waals surface area (Å²) in [6.45, 7) is 4.51. The molecule has 6 rings (SSSR count). The number of fused-ring (bicyclic) bond motifs is 1. The number of H-pyrrole nitrogens is 1. The van der Waals surface area contributed by atoms with Gasteiger partial charge in [-0.3, -0.25) is 9.89 Å². The molecule has 2 fully saturated rings. The Labute approximate surface area is 190 Å². The molecule has 4 aromatic rings. The molecule has 10 nitrogen and oxygen atoms in total. The number of nitrogens with one attached hydrogen (secondary N) is 2. The summed E-state index contributed by atoms with van der Waals surface area (Å²) < 4.78 is 6.94. The van der Waals surface area contributed by atoms with Crippen molar-refractivity contribution in [2.24, 2.45) is 0 Å². The topological polar surface area (TPSA) is 117 Å². The highest BCUT2D eigenvalue weighted by Crippen LogP contribution is 2.40. The second-order valence-electron chi connectivity index (χ2n) is 9.26. The van der Waals surface area contributed by atoms with Crippen molar-refractivity contribution in [2.45, 2.75) is 57.4 Å². The molecule has 0 spiro atoms. The van der Waals surface area contributed by atoms with Crippen LogP contribution in [0.1, 0.15) is 55.7 Å². The Morgan fingerprint density at radius 2 is 2.24 bits per heavy atom. The summed E-state index contributed by atoms with van der Waals surface area (Å²) in [5, 5.41) is 19.6. The van der Waals surface area contributed by atoms with E-state index in [4.69, 9.17) is 14.6 Å². The summed E-state index contributed by atoms with van der Waals surface area (Å²) in [6.07, 6.45) is 6.15. The molecule has 0 aromatic carbocycles. The van der Waals surface area contributed by atoms with E-state index in [1.165, 1.54) is 12.8 Å². The lowest BCUT2D eigenvalue weighted by molar-refractivity contribution is -0.122. The molecule has 1 atom stereocenters. The molecule has 0 unspecified atom stereocenters. The minimum atomic E-state index is -0.712. The Morgan fingerprint density at radius 1 is 1.36 bits per heavy atom. The number of aromatic nitrogens is 6. The van der Waals surface area contributed by atoms with E-state index in [2.05, 4.69) is 20.7 Å². The van der Waals surface area contributed by atoms with Gasteiger partial charge >= 0.3 is 0 Å². The fraction of sp³-hybridized carbons (Fsp3) is 0.435. The molecule has 0 amide bonds. The molecular formula is C23H26N8O2. The molecule has 0 bridgehead atoms. The van der Waals surface area contributed by atoms with Gasteiger partial charge in [0, 0.05) is 36.5 Å². The molecule has 1 aliphatic carbocycles. The largest absolute Gasteiger partial charge is 0.361 e. The Hall–Kier alpha value is -3.69. The second kappa shape index (κ2) is 7.43. The van der Waals surface area contributed by atoms with Gasteiger partial charge in [0.15, 0.2) is 17.4 Å². The molecular weight excluding hydrogens is 420 g/mol. The predicted octanol–water partition coefficient (Wildman–Crippen LogP) is 3.54. The fourth-order valence-corrected chi connectivity index (χ4v) is 4.68. The number of aryl methyl sites for hydroxylation is 1. The van der Waals surface area contributed by atoms with Crippen molar-refractivity contribution in [3.8, 4) is 0 Å². The van der Waals surface area contributed by atoms with Crippen LogP contribution >= 0.6 is 0 Å². The maximum absolute atomic E-state index is 13.4. The summed E-state index contributed by atoms with van der Waals surface area (Å²) in [5.41, 5.74) is 1.94. The van der Waals surface area contributed by atoms with E-state index in [1.54, 1.807) is 4.52 Å². The number of carbonyl (C=O) groups is 1. The molecule has 0 radical (unpaired) electrons. The van der Waals surface area contributed by atoms with Crippen LogP contribution in [0.3, 0.4) is 0 Å². The minimum Gasteiger partial charge on any atom is -0.361 e. The summed E-state index contributed by atoms with van der Waals surface area (Å²) in [6, 6.07) is 7.75. The van der Waals surface area contributed by atoms with Gasteiger partial charge < -0.3 is 14.7 Å². The van der Waals surface area contributed by atoms with Gasteiger partial charge in [-0.25, -0.2) is 4.52 Å². The lowest BCUT2D eigenvalue weighted by atomic mass is 9.90. The molecule has 170 valence electrons. The molecule has 1 aliphatic heterocycles. The third kappa shape index (κ3) is 3.55. The number of anilines is 3. The molecule has 10 heteroatoms. The summed E-state index contributed by atoms with van der Waals surface area (Å²) in [5.74, 6) is 3.28. The number of Topliss-reactive ketones (excluding diaryl/α,β-unsaturated/α-hetero) is 1. The van der Waals surface area contributed by atoms with E-state index in [0.29, 0.717) is 35.7 Å². The van der Waals surface area contributed by atoms with Crippen LogP contribution in [-0.2, 0) is 11.2 Å². The first-order chi connectivity index (χ1) is 16.0. The summed E-state index contributed by atoms with van der Waals surface area (Å²) in [7, 11) is 0. The standard InChI is InChI=1S/C23H26N8O2/c1-14-11-16(29-33-14)12-19(32)23(2)8-4-9-30(23)22-25-21(18-5-3-10-31(18)28-22)24-20-13-17(26-27-20)15-6-7-15/h3,5,10-11,13,15H,4,6-9,12H2,1-2H3,(H2,24,25,26,27,28)/t23-/m0/s1. The van der Waals surface area contributed by atoms with E-state index in [9.17, 15) is 4.79 Å². The first-order valence-corrected chi connectivity index (χ1v) is 11.4. The minimum absolute atomic E-state index is 0.0837. The first kappa shape index (κ1) is 20.0. The lowest BCUT2D eigenvalue weighted by Gasteiger charge is -2.33. The highest BCUT2D eigenvalue weighted by Gasteiger charge is 2.44. The molecule has 2 N–H and O–H groups in total. The third-order valence-electron chi connectivity index (χ3n) is 6.74. The molecule has 33 heavy (non-hydrogen) atoms. The third-order valence-corrected chi connectivity index (χ3v) is 6.74. The van der Waals surface area contributed by atoms with Gasteiger partial charge in [0.1, 0.15) is 11.3 Å². The number of nitrogens with zero attached hydrogens (tertiary/aromatic N) is 6. The average Bonchev–Trinajstić information content (AvgIpc) is 3.17. The number of ketones is 1. The van der Waals surface area contributed by atoms with E-state index in [0.717, 1.165) is 29.9 Å². The monoisotopic (exact) mass is 446 g/mol. The van der Waals surface area contributed by atoms with Crippen LogP contribution in [0.4, 0.5) is 17.6 Å². The number of hydrogen-bond donors (Lipinski definition) is 2. The van der Waals surface area contributed by atoms with Crippen molar-refractivity contribution in [3.05, 3.63) is 47.6 Å². The molecule has 1 saturated carbocycles. The van der Waals surface area contributed by atoms with Crippen LogP contribution in [0.15, 0.2) is 35.0 Å². The maximum atomic E-state index is 13.4. The Morgan fingerprint density at radius 3 is 3.03 bits per heavy atom. The van der Waals surface area contributed by atoms with Gasteiger partial charge in [-0.1, -0.05) is 5.16 Å². The Bertz CT molecular complexity index is 1330. The Kier molecular flexibility index (Phi) is 4.49. The zero-order valence-electron chi connectivity index (χ0n) is 18.7. The normalized spacial score (nSPS) is 20.6. The first-order valence-electron chi connectivity index (χ1n) is 11.4. The maximum Gasteiger partial charge on any atom is 0.246 e. The highest BCUT2D eigenvalue weighted by molar-refractivity contribution is 5.93. The van der Waals surface area contributed by atoms with Gasteiger partial charge in [0.05, 0.1) is 17.7 Å². The van der Waals surface area contributed by atoms with Crippen molar-refractivity contribution in [3.63, 3.8) is 0 Å². The van der Waals surface area contributed by atoms with Gasteiger partial charge in [0.25, 0.3) is 0 Å². The molecule has 4 aromatic heterocycles.